The number of ether oxygens (including phenoxy) is 1. The second-order valence-corrected chi connectivity index (χ2v) is 6.56. The average molecular weight is 399 g/mol. The Hall–Kier alpha value is -3.22. The van der Waals surface area contributed by atoms with Gasteiger partial charge in [-0.1, -0.05) is 17.7 Å². The molecule has 2 aromatic rings. The number of aromatic hydroxyl groups is 1. The van der Waals surface area contributed by atoms with Crippen molar-refractivity contribution in [3.05, 3.63) is 59.2 Å². The Morgan fingerprint density at radius 1 is 1.07 bits per heavy atom. The van der Waals surface area contributed by atoms with Crippen LogP contribution in [-0.4, -0.2) is 50.3 Å². The van der Waals surface area contributed by atoms with Crippen LogP contribution in [-0.2, 0) is 6.42 Å². The predicted molar refractivity (Wildman–Crippen MR) is 116 cm³/mol. The number of guanidine groups is 1. The summed E-state index contributed by atoms with van der Waals surface area (Å²) in [5, 5.41) is 18.5. The molecular weight excluding hydrogens is 368 g/mol. The molecule has 0 heterocycles. The lowest BCUT2D eigenvalue weighted by Crippen LogP contribution is -2.41. The predicted octanol–water partition coefficient (Wildman–Crippen LogP) is 2.24. The topological polar surface area (TPSA) is 95.0 Å². The van der Waals surface area contributed by atoms with Gasteiger partial charge in [-0.05, 0) is 56.2 Å². The molecule has 0 atom stereocenters. The fourth-order valence-electron chi connectivity index (χ4n) is 2.80. The van der Waals surface area contributed by atoms with Crippen LogP contribution < -0.4 is 20.7 Å². The largest absolute Gasteiger partial charge is 0.508 e. The molecule has 7 heteroatoms. The summed E-state index contributed by atoms with van der Waals surface area (Å²) >= 11 is 0. The van der Waals surface area contributed by atoms with Crippen molar-refractivity contribution in [1.29, 1.82) is 0 Å². The van der Waals surface area contributed by atoms with E-state index in [2.05, 4.69) is 33.9 Å². The minimum Gasteiger partial charge on any atom is -0.508 e. The van der Waals surface area contributed by atoms with Crippen LogP contribution in [0, 0.1) is 6.92 Å². The SMILES string of the molecule is CCNC(=NCCc1cc(C)ccc1OC)NCCNC(=O)c1ccc(O)cc1. The van der Waals surface area contributed by atoms with E-state index in [9.17, 15) is 9.90 Å². The van der Waals surface area contributed by atoms with Crippen molar-refractivity contribution in [2.75, 3.05) is 33.3 Å². The third-order valence-electron chi connectivity index (χ3n) is 4.26. The maximum absolute atomic E-state index is 12.1. The van der Waals surface area contributed by atoms with E-state index >= 15 is 0 Å². The zero-order chi connectivity index (χ0) is 21.1. The number of hydrogen-bond donors (Lipinski definition) is 4. The van der Waals surface area contributed by atoms with Crippen molar-refractivity contribution in [2.24, 2.45) is 4.99 Å². The molecule has 0 aromatic heterocycles. The van der Waals surface area contributed by atoms with E-state index in [0.717, 1.165) is 24.3 Å². The normalized spacial score (nSPS) is 11.1. The van der Waals surface area contributed by atoms with Gasteiger partial charge in [0.25, 0.3) is 5.91 Å². The molecule has 2 rings (SSSR count). The highest BCUT2D eigenvalue weighted by atomic mass is 16.5. The van der Waals surface area contributed by atoms with Crippen LogP contribution in [0.1, 0.15) is 28.4 Å². The number of phenols is 1. The fourth-order valence-corrected chi connectivity index (χ4v) is 2.80. The molecule has 1 amide bonds. The van der Waals surface area contributed by atoms with Gasteiger partial charge in [0, 0.05) is 31.7 Å². The highest BCUT2D eigenvalue weighted by Gasteiger charge is 2.05. The average Bonchev–Trinajstić information content (AvgIpc) is 2.71. The first-order valence-corrected chi connectivity index (χ1v) is 9.76. The van der Waals surface area contributed by atoms with E-state index in [1.54, 1.807) is 19.2 Å². The molecule has 0 unspecified atom stereocenters. The molecule has 156 valence electrons. The zero-order valence-electron chi connectivity index (χ0n) is 17.3. The van der Waals surface area contributed by atoms with Crippen LogP contribution in [0.25, 0.3) is 0 Å². The Kier molecular flexibility index (Phi) is 8.82. The summed E-state index contributed by atoms with van der Waals surface area (Å²) in [6, 6.07) is 12.3. The second kappa shape index (κ2) is 11.6. The second-order valence-electron chi connectivity index (χ2n) is 6.56. The van der Waals surface area contributed by atoms with Crippen LogP contribution >= 0.6 is 0 Å². The third kappa shape index (κ3) is 7.37. The molecule has 29 heavy (non-hydrogen) atoms. The van der Waals surface area contributed by atoms with Crippen LogP contribution in [0.15, 0.2) is 47.5 Å². The lowest BCUT2D eigenvalue weighted by Gasteiger charge is -2.13. The smallest absolute Gasteiger partial charge is 0.251 e. The first-order chi connectivity index (χ1) is 14.0. The van der Waals surface area contributed by atoms with Gasteiger partial charge in [0.15, 0.2) is 5.96 Å². The Labute approximate surface area is 172 Å². The summed E-state index contributed by atoms with van der Waals surface area (Å²) in [7, 11) is 1.68. The number of aryl methyl sites for hydroxylation is 1. The van der Waals surface area contributed by atoms with Crippen LogP contribution in [0.5, 0.6) is 11.5 Å². The highest BCUT2D eigenvalue weighted by Crippen LogP contribution is 2.20. The summed E-state index contributed by atoms with van der Waals surface area (Å²) in [6.45, 7) is 6.44. The van der Waals surface area contributed by atoms with E-state index in [-0.39, 0.29) is 11.7 Å². The van der Waals surface area contributed by atoms with Gasteiger partial charge in [-0.3, -0.25) is 9.79 Å². The van der Waals surface area contributed by atoms with E-state index < -0.39 is 0 Å². The van der Waals surface area contributed by atoms with Gasteiger partial charge in [-0.15, -0.1) is 0 Å². The molecule has 2 aromatic carbocycles. The van der Waals surface area contributed by atoms with Crippen LogP contribution in [0.2, 0.25) is 0 Å². The number of aliphatic imine (C=N–C) groups is 1. The Bertz CT molecular complexity index is 819. The number of carbonyl (C=O) groups is 1. The van der Waals surface area contributed by atoms with Gasteiger partial charge >= 0.3 is 0 Å². The number of nitrogens with zero attached hydrogens (tertiary/aromatic N) is 1. The zero-order valence-corrected chi connectivity index (χ0v) is 17.3. The highest BCUT2D eigenvalue weighted by molar-refractivity contribution is 5.94. The molecule has 0 radical (unpaired) electrons. The summed E-state index contributed by atoms with van der Waals surface area (Å²) in [4.78, 5) is 16.7. The van der Waals surface area contributed by atoms with Crippen molar-refractivity contribution in [2.45, 2.75) is 20.3 Å². The van der Waals surface area contributed by atoms with Gasteiger partial charge in [0.05, 0.1) is 7.11 Å². The number of amides is 1. The van der Waals surface area contributed by atoms with Crippen molar-refractivity contribution in [1.82, 2.24) is 16.0 Å². The Morgan fingerprint density at radius 3 is 2.48 bits per heavy atom. The minimum atomic E-state index is -0.180. The van der Waals surface area contributed by atoms with Crippen molar-refractivity contribution >= 4 is 11.9 Å². The number of hydrogen-bond acceptors (Lipinski definition) is 4. The lowest BCUT2D eigenvalue weighted by molar-refractivity contribution is 0.0954. The lowest BCUT2D eigenvalue weighted by atomic mass is 10.1. The standard InChI is InChI=1S/C22H30N4O3/c1-4-23-22(25-12-11-18-15-16(2)5-10-20(18)29-3)26-14-13-24-21(28)17-6-8-19(27)9-7-17/h5-10,15,27H,4,11-14H2,1-3H3,(H,24,28)(H2,23,25,26). The van der Waals surface area contributed by atoms with Crippen LogP contribution in [0.3, 0.4) is 0 Å². The molecule has 0 aliphatic carbocycles. The van der Waals surface area contributed by atoms with Gasteiger partial charge in [0.2, 0.25) is 0 Å². The molecule has 0 fully saturated rings. The number of methoxy groups -OCH3 is 1. The maximum atomic E-state index is 12.1. The van der Waals surface area contributed by atoms with E-state index in [0.29, 0.717) is 31.2 Å². The van der Waals surface area contributed by atoms with E-state index in [1.165, 1.54) is 17.7 Å². The van der Waals surface area contributed by atoms with Gasteiger partial charge in [-0.2, -0.15) is 0 Å². The number of nitrogens with one attached hydrogen (secondary N) is 3. The summed E-state index contributed by atoms with van der Waals surface area (Å²) in [6.07, 6.45) is 0.777. The first-order valence-electron chi connectivity index (χ1n) is 9.76. The molecule has 0 saturated carbocycles. The molecule has 4 N–H and O–H groups in total. The fraction of sp³-hybridized carbons (Fsp3) is 0.364. The number of phenolic OH excluding ortho intramolecular Hbond substituents is 1. The molecule has 0 spiro atoms. The molecule has 0 aliphatic rings. The number of rotatable bonds is 9. The van der Waals surface area contributed by atoms with E-state index in [1.807, 2.05) is 19.1 Å². The quantitative estimate of drug-likeness (QED) is 0.295. The first kappa shape index (κ1) is 22.1. The minimum absolute atomic E-state index is 0.137. The van der Waals surface area contributed by atoms with Gasteiger partial charge in [0.1, 0.15) is 11.5 Å². The Balaban J connectivity index is 1.81. The molecule has 7 nitrogen and oxygen atoms in total. The van der Waals surface area contributed by atoms with E-state index in [4.69, 9.17) is 4.74 Å². The summed E-state index contributed by atoms with van der Waals surface area (Å²) in [5.74, 6) is 1.54. The van der Waals surface area contributed by atoms with Gasteiger partial charge < -0.3 is 25.8 Å². The number of benzene rings is 2. The molecule has 0 bridgehead atoms. The summed E-state index contributed by atoms with van der Waals surface area (Å²) < 4.78 is 5.42. The van der Waals surface area contributed by atoms with Crippen molar-refractivity contribution in [3.63, 3.8) is 0 Å². The molecular formula is C22H30N4O3. The monoisotopic (exact) mass is 398 g/mol. The Morgan fingerprint density at radius 2 is 1.79 bits per heavy atom. The van der Waals surface area contributed by atoms with Gasteiger partial charge in [-0.25, -0.2) is 0 Å². The molecule has 0 saturated heterocycles. The van der Waals surface area contributed by atoms with Crippen LogP contribution in [0.4, 0.5) is 0 Å². The van der Waals surface area contributed by atoms with Crippen molar-refractivity contribution in [3.8, 4) is 11.5 Å². The molecule has 0 aliphatic heterocycles. The maximum Gasteiger partial charge on any atom is 0.251 e. The van der Waals surface area contributed by atoms with Crippen molar-refractivity contribution < 1.29 is 14.6 Å². The summed E-state index contributed by atoms with van der Waals surface area (Å²) in [5.41, 5.74) is 2.84. The third-order valence-corrected chi connectivity index (χ3v) is 4.26. The number of carbonyl (C=O) groups excluding carboxylic acids is 1.